The Morgan fingerprint density at radius 1 is 1.19 bits per heavy atom. The van der Waals surface area contributed by atoms with E-state index in [2.05, 4.69) is 22.1 Å². The number of aromatic nitrogens is 1. The van der Waals surface area contributed by atoms with Gasteiger partial charge >= 0.3 is 6.03 Å². The summed E-state index contributed by atoms with van der Waals surface area (Å²) >= 11 is 7.78. The number of carbonyl (C=O) groups excluding carboxylic acids is 1. The zero-order valence-corrected chi connectivity index (χ0v) is 16.5. The third kappa shape index (κ3) is 3.67. The van der Waals surface area contributed by atoms with Crippen LogP contribution in [-0.2, 0) is 12.8 Å². The summed E-state index contributed by atoms with van der Waals surface area (Å²) in [4.78, 5) is 22.7. The first kappa shape index (κ1) is 17.6. The molecule has 1 aliphatic carbocycles. The summed E-state index contributed by atoms with van der Waals surface area (Å²) in [6.07, 6.45) is 4.57. The second-order valence-corrected chi connectivity index (χ2v) is 8.45. The minimum atomic E-state index is -0.0430. The maximum absolute atomic E-state index is 12.6. The van der Waals surface area contributed by atoms with Gasteiger partial charge in [-0.25, -0.2) is 9.78 Å². The van der Waals surface area contributed by atoms with E-state index in [1.807, 2.05) is 23.1 Å². The number of aryl methyl sites for hydroxylation is 3. The van der Waals surface area contributed by atoms with Crippen LogP contribution in [0.4, 0.5) is 15.6 Å². The molecule has 0 spiro atoms. The van der Waals surface area contributed by atoms with Crippen LogP contribution in [0.2, 0.25) is 5.02 Å². The molecule has 1 fully saturated rings. The number of urea groups is 1. The number of benzene rings is 1. The number of amides is 2. The Balaban J connectivity index is 1.36. The molecular weight excluding hydrogens is 368 g/mol. The zero-order valence-electron chi connectivity index (χ0n) is 14.9. The summed E-state index contributed by atoms with van der Waals surface area (Å²) in [5.74, 6) is 0. The highest BCUT2D eigenvalue weighted by molar-refractivity contribution is 7.15. The summed E-state index contributed by atoms with van der Waals surface area (Å²) in [5.41, 5.74) is 3.55. The van der Waals surface area contributed by atoms with E-state index < -0.39 is 0 Å². The molecule has 1 aromatic carbocycles. The monoisotopic (exact) mass is 390 g/mol. The molecule has 0 atom stereocenters. The number of piperazine rings is 1. The number of carbonyl (C=O) groups is 1. The second-order valence-electron chi connectivity index (χ2n) is 6.93. The fraction of sp³-hybridized carbons (Fsp3) is 0.474. The highest BCUT2D eigenvalue weighted by Gasteiger charge is 2.24. The highest BCUT2D eigenvalue weighted by atomic mass is 35.5. The van der Waals surface area contributed by atoms with Crippen LogP contribution < -0.4 is 10.2 Å². The van der Waals surface area contributed by atoms with Crippen molar-refractivity contribution in [3.8, 4) is 0 Å². The number of thiazole rings is 1. The number of fused-ring (bicyclic) bond motifs is 1. The van der Waals surface area contributed by atoms with E-state index in [0.717, 1.165) is 41.8 Å². The van der Waals surface area contributed by atoms with E-state index in [1.54, 1.807) is 11.3 Å². The molecule has 2 amide bonds. The number of nitrogens with zero attached hydrogens (tertiary/aromatic N) is 3. The average Bonchev–Trinajstić information content (AvgIpc) is 3.06. The summed E-state index contributed by atoms with van der Waals surface area (Å²) < 4.78 is 0. The summed E-state index contributed by atoms with van der Waals surface area (Å²) in [6, 6.07) is 5.92. The van der Waals surface area contributed by atoms with Gasteiger partial charge in [-0.1, -0.05) is 17.7 Å². The van der Waals surface area contributed by atoms with Crippen molar-refractivity contribution in [2.24, 2.45) is 0 Å². The molecule has 2 heterocycles. The highest BCUT2D eigenvalue weighted by Crippen LogP contribution is 2.30. The predicted molar refractivity (Wildman–Crippen MR) is 108 cm³/mol. The van der Waals surface area contributed by atoms with Crippen molar-refractivity contribution < 1.29 is 4.79 Å². The van der Waals surface area contributed by atoms with Gasteiger partial charge in [0.1, 0.15) is 0 Å². The van der Waals surface area contributed by atoms with E-state index in [4.69, 9.17) is 11.6 Å². The number of nitrogens with one attached hydrogen (secondary N) is 1. The summed E-state index contributed by atoms with van der Waals surface area (Å²) in [7, 11) is 0. The van der Waals surface area contributed by atoms with Crippen molar-refractivity contribution in [1.29, 1.82) is 0 Å². The molecule has 0 saturated carbocycles. The lowest BCUT2D eigenvalue weighted by atomic mass is 10.0. The number of hydrogen-bond donors (Lipinski definition) is 1. The molecule has 1 saturated heterocycles. The molecule has 0 unspecified atom stereocenters. The Bertz CT molecular complexity index is 790. The zero-order chi connectivity index (χ0) is 18.1. The fourth-order valence-corrected chi connectivity index (χ4v) is 4.86. The van der Waals surface area contributed by atoms with Crippen LogP contribution in [0.3, 0.4) is 0 Å². The molecule has 1 N–H and O–H groups in total. The van der Waals surface area contributed by atoms with Gasteiger partial charge < -0.3 is 9.80 Å². The molecule has 7 heteroatoms. The van der Waals surface area contributed by atoms with Crippen molar-refractivity contribution in [2.45, 2.75) is 32.6 Å². The maximum atomic E-state index is 12.6. The van der Waals surface area contributed by atoms with Gasteiger partial charge in [0.25, 0.3) is 0 Å². The van der Waals surface area contributed by atoms with Crippen molar-refractivity contribution >= 4 is 39.8 Å². The Labute approximate surface area is 163 Å². The third-order valence-corrected chi connectivity index (χ3v) is 6.45. The van der Waals surface area contributed by atoms with Crippen molar-refractivity contribution in [3.05, 3.63) is 39.4 Å². The molecule has 0 bridgehead atoms. The first-order valence-corrected chi connectivity index (χ1v) is 10.4. The minimum absolute atomic E-state index is 0.0430. The second kappa shape index (κ2) is 7.45. The van der Waals surface area contributed by atoms with Gasteiger partial charge in [0.15, 0.2) is 5.13 Å². The predicted octanol–water partition coefficient (Wildman–Crippen LogP) is 4.34. The molecule has 1 aromatic heterocycles. The Kier molecular flexibility index (Phi) is 5.05. The van der Waals surface area contributed by atoms with Crippen LogP contribution in [0, 0.1) is 6.92 Å². The van der Waals surface area contributed by atoms with Crippen LogP contribution in [0.5, 0.6) is 0 Å². The average molecular weight is 391 g/mol. The first-order valence-electron chi connectivity index (χ1n) is 9.16. The molecule has 26 heavy (non-hydrogen) atoms. The summed E-state index contributed by atoms with van der Waals surface area (Å²) in [5, 5.41) is 4.49. The number of rotatable bonds is 2. The number of anilines is 2. The van der Waals surface area contributed by atoms with Gasteiger partial charge in [0.2, 0.25) is 0 Å². The van der Waals surface area contributed by atoms with Crippen molar-refractivity contribution in [3.63, 3.8) is 0 Å². The van der Waals surface area contributed by atoms with Crippen LogP contribution in [-0.4, -0.2) is 42.1 Å². The SMILES string of the molecule is Cc1ccc(Cl)cc1N1CCN(C(=O)Nc2nc3c(s2)CCCC3)CC1. The Morgan fingerprint density at radius 2 is 1.96 bits per heavy atom. The summed E-state index contributed by atoms with van der Waals surface area (Å²) in [6.45, 7) is 5.10. The van der Waals surface area contributed by atoms with Gasteiger partial charge in [-0.3, -0.25) is 5.32 Å². The fourth-order valence-electron chi connectivity index (χ4n) is 3.65. The van der Waals surface area contributed by atoms with Crippen LogP contribution in [0.25, 0.3) is 0 Å². The lowest BCUT2D eigenvalue weighted by Gasteiger charge is -2.36. The Hall–Kier alpha value is -1.79. The molecule has 5 nitrogen and oxygen atoms in total. The number of halogens is 1. The molecule has 2 aliphatic rings. The molecule has 0 radical (unpaired) electrons. The largest absolute Gasteiger partial charge is 0.368 e. The quantitative estimate of drug-likeness (QED) is 0.829. The molecule has 1 aliphatic heterocycles. The van der Waals surface area contributed by atoms with Gasteiger partial charge in [-0.2, -0.15) is 0 Å². The van der Waals surface area contributed by atoms with Crippen LogP contribution in [0.15, 0.2) is 18.2 Å². The maximum Gasteiger partial charge on any atom is 0.323 e. The topological polar surface area (TPSA) is 48.5 Å². The van der Waals surface area contributed by atoms with Gasteiger partial charge in [0, 0.05) is 41.8 Å². The molecule has 138 valence electrons. The van der Waals surface area contributed by atoms with Gasteiger partial charge in [-0.05, 0) is 50.3 Å². The van der Waals surface area contributed by atoms with Crippen LogP contribution in [0.1, 0.15) is 29.0 Å². The van der Waals surface area contributed by atoms with Crippen LogP contribution >= 0.6 is 22.9 Å². The van der Waals surface area contributed by atoms with Crippen molar-refractivity contribution in [1.82, 2.24) is 9.88 Å². The van der Waals surface area contributed by atoms with Gasteiger partial charge in [0.05, 0.1) is 5.69 Å². The third-order valence-electron chi connectivity index (χ3n) is 5.14. The van der Waals surface area contributed by atoms with Gasteiger partial charge in [-0.15, -0.1) is 11.3 Å². The molecule has 4 rings (SSSR count). The smallest absolute Gasteiger partial charge is 0.323 e. The lowest BCUT2D eigenvalue weighted by Crippen LogP contribution is -2.50. The van der Waals surface area contributed by atoms with E-state index in [-0.39, 0.29) is 6.03 Å². The van der Waals surface area contributed by atoms with Crippen molar-refractivity contribution in [2.75, 3.05) is 36.4 Å². The first-order chi connectivity index (χ1) is 12.6. The number of hydrogen-bond acceptors (Lipinski definition) is 4. The van der Waals surface area contributed by atoms with E-state index in [1.165, 1.54) is 29.0 Å². The van der Waals surface area contributed by atoms with E-state index >= 15 is 0 Å². The normalized spacial score (nSPS) is 17.2. The minimum Gasteiger partial charge on any atom is -0.368 e. The van der Waals surface area contributed by atoms with E-state index in [0.29, 0.717) is 13.1 Å². The molecular formula is C19H23ClN4OS. The molecule has 2 aromatic rings. The van der Waals surface area contributed by atoms with E-state index in [9.17, 15) is 4.79 Å². The standard InChI is InChI=1S/C19H23ClN4OS/c1-13-6-7-14(20)12-16(13)23-8-10-24(11-9-23)19(25)22-18-21-15-4-2-3-5-17(15)26-18/h6-7,12H,2-5,8-11H2,1H3,(H,21,22,25). The Morgan fingerprint density at radius 3 is 2.73 bits per heavy atom. The lowest BCUT2D eigenvalue weighted by molar-refractivity contribution is 0.208.